The summed E-state index contributed by atoms with van der Waals surface area (Å²) in [5.41, 5.74) is 4.44. The van der Waals surface area contributed by atoms with Crippen LogP contribution in [0.4, 0.5) is 8.78 Å². The zero-order chi connectivity index (χ0) is 26.6. The maximum Gasteiger partial charge on any atom is 0.263 e. The first-order valence-corrected chi connectivity index (χ1v) is 13.7. The summed E-state index contributed by atoms with van der Waals surface area (Å²) in [6, 6.07) is 25.1. The second kappa shape index (κ2) is 9.66. The lowest BCUT2D eigenvalue weighted by molar-refractivity contribution is 0.0400. The van der Waals surface area contributed by atoms with Crippen LogP contribution in [0.5, 0.6) is 5.75 Å². The fraction of sp³-hybridized carbons (Fsp3) is 0.344. The van der Waals surface area contributed by atoms with Crippen LogP contribution in [0.3, 0.4) is 0 Å². The minimum atomic E-state index is -2.70. The summed E-state index contributed by atoms with van der Waals surface area (Å²) in [5.74, 6) is -3.46. The van der Waals surface area contributed by atoms with E-state index < -0.39 is 23.9 Å². The van der Waals surface area contributed by atoms with E-state index in [1.807, 2.05) is 78.9 Å². The predicted octanol–water partition coefficient (Wildman–Crippen LogP) is 5.21. The SMILES string of the molecule is OC(COc1cccc2ncccc12)CN1CCN(C2c3ccccc3C3[C@@H](c4ccccc42)C3(F)F)CC1. The zero-order valence-electron chi connectivity index (χ0n) is 21.6. The molecule has 7 rings (SSSR count). The molecule has 0 bridgehead atoms. The Labute approximate surface area is 226 Å². The van der Waals surface area contributed by atoms with E-state index >= 15 is 0 Å². The number of nitrogens with zero attached hydrogens (tertiary/aromatic N) is 3. The zero-order valence-corrected chi connectivity index (χ0v) is 21.6. The number of hydrogen-bond acceptors (Lipinski definition) is 5. The molecule has 3 aliphatic rings. The molecule has 1 aliphatic heterocycles. The first-order chi connectivity index (χ1) is 19.0. The van der Waals surface area contributed by atoms with Gasteiger partial charge >= 0.3 is 0 Å². The maximum absolute atomic E-state index is 15.0. The second-order valence-corrected chi connectivity index (χ2v) is 10.9. The van der Waals surface area contributed by atoms with Crippen molar-refractivity contribution in [3.63, 3.8) is 0 Å². The number of aromatic nitrogens is 1. The highest BCUT2D eigenvalue weighted by atomic mass is 19.3. The molecule has 0 amide bonds. The van der Waals surface area contributed by atoms with Crippen molar-refractivity contribution < 1.29 is 18.6 Å². The van der Waals surface area contributed by atoms with E-state index in [1.165, 1.54) is 0 Å². The Bertz CT molecular complexity index is 1440. The number of halogens is 2. The van der Waals surface area contributed by atoms with Gasteiger partial charge in [0, 0.05) is 44.3 Å². The van der Waals surface area contributed by atoms with Crippen LogP contribution in [-0.2, 0) is 0 Å². The van der Waals surface area contributed by atoms with E-state index in [2.05, 4.69) is 14.8 Å². The van der Waals surface area contributed by atoms with E-state index in [1.54, 1.807) is 6.20 Å². The summed E-state index contributed by atoms with van der Waals surface area (Å²) in [6.45, 7) is 3.89. The number of benzene rings is 3. The number of piperazine rings is 1. The third kappa shape index (κ3) is 4.29. The quantitative estimate of drug-likeness (QED) is 0.373. The van der Waals surface area contributed by atoms with Gasteiger partial charge < -0.3 is 9.84 Å². The number of aliphatic hydroxyl groups is 1. The first-order valence-electron chi connectivity index (χ1n) is 13.7. The Morgan fingerprint density at radius 3 is 2.13 bits per heavy atom. The average molecular weight is 528 g/mol. The molecule has 39 heavy (non-hydrogen) atoms. The van der Waals surface area contributed by atoms with Crippen LogP contribution in [-0.4, -0.2) is 71.2 Å². The molecule has 200 valence electrons. The van der Waals surface area contributed by atoms with Crippen LogP contribution < -0.4 is 4.74 Å². The predicted molar refractivity (Wildman–Crippen MR) is 146 cm³/mol. The Hall–Kier alpha value is -3.39. The lowest BCUT2D eigenvalue weighted by Gasteiger charge is -2.41. The Morgan fingerprint density at radius 1 is 0.821 bits per heavy atom. The normalized spacial score (nSPS) is 24.7. The number of pyridine rings is 1. The van der Waals surface area contributed by atoms with Crippen LogP contribution in [0.15, 0.2) is 85.1 Å². The molecule has 4 aromatic rings. The molecule has 2 aliphatic carbocycles. The summed E-state index contributed by atoms with van der Waals surface area (Å²) < 4.78 is 35.9. The highest BCUT2D eigenvalue weighted by molar-refractivity contribution is 5.84. The van der Waals surface area contributed by atoms with E-state index in [4.69, 9.17) is 4.74 Å². The van der Waals surface area contributed by atoms with E-state index in [0.717, 1.165) is 65.1 Å². The number of fused-ring (bicyclic) bond motifs is 6. The number of β-amino-alcohol motifs (C(OH)–C–C–N with tert-alkyl or cyclic N) is 1. The summed E-state index contributed by atoms with van der Waals surface area (Å²) in [4.78, 5) is 9.04. The molecule has 4 atom stereocenters. The minimum Gasteiger partial charge on any atom is -0.490 e. The highest BCUT2D eigenvalue weighted by Crippen LogP contribution is 2.70. The smallest absolute Gasteiger partial charge is 0.263 e. The topological polar surface area (TPSA) is 48.8 Å². The van der Waals surface area contributed by atoms with Gasteiger partial charge in [-0.2, -0.15) is 0 Å². The lowest BCUT2D eigenvalue weighted by Crippen LogP contribution is -2.50. The molecule has 2 fully saturated rings. The minimum absolute atomic E-state index is 0.0450. The van der Waals surface area contributed by atoms with Crippen molar-refractivity contribution in [1.82, 2.24) is 14.8 Å². The number of rotatable bonds is 6. The largest absolute Gasteiger partial charge is 0.490 e. The molecule has 3 aromatic carbocycles. The first kappa shape index (κ1) is 24.6. The molecule has 1 saturated heterocycles. The summed E-state index contributed by atoms with van der Waals surface area (Å²) in [5, 5.41) is 11.7. The molecule has 2 heterocycles. The fourth-order valence-corrected chi connectivity index (χ4v) is 6.69. The van der Waals surface area contributed by atoms with Crippen LogP contribution in [0.2, 0.25) is 0 Å². The van der Waals surface area contributed by atoms with Gasteiger partial charge in [-0.1, -0.05) is 54.6 Å². The number of ether oxygens (including phenoxy) is 1. The maximum atomic E-state index is 15.0. The molecular formula is C32H31F2N3O2. The standard InChI is InChI=1S/C32H31F2N3O2/c33-32(34)29-22-7-1-3-9-24(22)31(25-10-4-2-8-23(25)30(29)32)37-17-15-36(16-18-37)19-21(38)20-39-28-13-5-12-27-26(28)11-6-14-35-27/h1-14,21,29-31,38H,15-20H2/t21?,29-,30?,31?/m1/s1. The second-order valence-electron chi connectivity index (χ2n) is 10.9. The molecule has 0 spiro atoms. The van der Waals surface area contributed by atoms with E-state index in [-0.39, 0.29) is 12.6 Å². The van der Waals surface area contributed by atoms with Gasteiger partial charge in [-0.25, -0.2) is 8.78 Å². The lowest BCUT2D eigenvalue weighted by atomic mass is 9.90. The van der Waals surface area contributed by atoms with Gasteiger partial charge in [0.25, 0.3) is 5.92 Å². The van der Waals surface area contributed by atoms with Gasteiger partial charge in [-0.3, -0.25) is 14.8 Å². The van der Waals surface area contributed by atoms with Crippen LogP contribution in [0.25, 0.3) is 10.9 Å². The van der Waals surface area contributed by atoms with Crippen molar-refractivity contribution in [1.29, 1.82) is 0 Å². The van der Waals surface area contributed by atoms with Gasteiger partial charge in [0.05, 0.1) is 23.4 Å². The third-order valence-corrected chi connectivity index (χ3v) is 8.58. The van der Waals surface area contributed by atoms with Crippen molar-refractivity contribution in [2.75, 3.05) is 39.3 Å². The van der Waals surface area contributed by atoms with Crippen LogP contribution in [0, 0.1) is 0 Å². The molecule has 5 nitrogen and oxygen atoms in total. The van der Waals surface area contributed by atoms with Crippen molar-refractivity contribution >= 4 is 10.9 Å². The van der Waals surface area contributed by atoms with Crippen LogP contribution >= 0.6 is 0 Å². The fourth-order valence-electron chi connectivity index (χ4n) is 6.69. The number of alkyl halides is 2. The number of hydrogen-bond donors (Lipinski definition) is 1. The van der Waals surface area contributed by atoms with Gasteiger partial charge in [0.2, 0.25) is 0 Å². The van der Waals surface area contributed by atoms with Gasteiger partial charge in [0.15, 0.2) is 0 Å². The monoisotopic (exact) mass is 527 g/mol. The molecule has 0 radical (unpaired) electrons. The molecule has 1 saturated carbocycles. The van der Waals surface area contributed by atoms with Gasteiger partial charge in [0.1, 0.15) is 18.5 Å². The Kier molecular flexibility index (Phi) is 6.10. The summed E-state index contributed by atoms with van der Waals surface area (Å²) in [6.07, 6.45) is 1.13. The highest BCUT2D eigenvalue weighted by Gasteiger charge is 2.71. The third-order valence-electron chi connectivity index (χ3n) is 8.58. The van der Waals surface area contributed by atoms with Crippen molar-refractivity contribution in [2.45, 2.75) is 29.9 Å². The van der Waals surface area contributed by atoms with Gasteiger partial charge in [-0.05, 0) is 46.5 Å². The van der Waals surface area contributed by atoms with E-state index in [9.17, 15) is 13.9 Å². The molecule has 3 unspecified atom stereocenters. The van der Waals surface area contributed by atoms with Gasteiger partial charge in [-0.15, -0.1) is 0 Å². The van der Waals surface area contributed by atoms with Crippen molar-refractivity contribution in [3.8, 4) is 5.75 Å². The Morgan fingerprint density at radius 2 is 1.46 bits per heavy atom. The van der Waals surface area contributed by atoms with Crippen molar-refractivity contribution in [2.24, 2.45) is 0 Å². The average Bonchev–Trinajstić information content (AvgIpc) is 3.58. The van der Waals surface area contributed by atoms with Crippen LogP contribution in [0.1, 0.15) is 40.1 Å². The molecular weight excluding hydrogens is 496 g/mol. The summed E-state index contributed by atoms with van der Waals surface area (Å²) >= 11 is 0. The molecule has 7 heteroatoms. The molecule has 1 N–H and O–H groups in total. The van der Waals surface area contributed by atoms with Crippen molar-refractivity contribution in [3.05, 3.63) is 107 Å². The van der Waals surface area contributed by atoms with E-state index in [0.29, 0.717) is 6.54 Å². The Balaban J connectivity index is 1.04. The molecule has 1 aromatic heterocycles. The number of aliphatic hydroxyl groups excluding tert-OH is 1. The summed E-state index contributed by atoms with van der Waals surface area (Å²) in [7, 11) is 0.